The van der Waals surface area contributed by atoms with E-state index < -0.39 is 23.4 Å². The average Bonchev–Trinajstić information content (AvgIpc) is 2.66. The van der Waals surface area contributed by atoms with Gasteiger partial charge >= 0.3 is 6.18 Å². The molecule has 3 N–H and O–H groups in total. The number of nitrogens with zero attached hydrogens (tertiary/aromatic N) is 2. The number of alkyl halides is 3. The molecule has 33 heavy (non-hydrogen) atoms. The zero-order valence-electron chi connectivity index (χ0n) is 20.6. The molecule has 0 aromatic heterocycles. The van der Waals surface area contributed by atoms with Gasteiger partial charge in [0.25, 0.3) is 0 Å². The van der Waals surface area contributed by atoms with Crippen molar-refractivity contribution in [3.8, 4) is 5.75 Å². The summed E-state index contributed by atoms with van der Waals surface area (Å²) in [5.41, 5.74) is 7.46. The second-order valence-corrected chi connectivity index (χ2v) is 8.36. The van der Waals surface area contributed by atoms with Crippen molar-refractivity contribution in [2.24, 2.45) is 15.7 Å². The molecule has 0 radical (unpaired) electrons. The molecule has 1 aromatic carbocycles. The van der Waals surface area contributed by atoms with Crippen LogP contribution in [0.5, 0.6) is 5.75 Å². The Hall–Kier alpha value is -3.16. The topological polar surface area (TPSA) is 88.0 Å². The fourth-order valence-electron chi connectivity index (χ4n) is 3.48. The van der Waals surface area contributed by atoms with Gasteiger partial charge in [-0.1, -0.05) is 6.07 Å². The molecule has 5 nitrogen and oxygen atoms in total. The number of amides is 1. The maximum atomic E-state index is 14.1. The third-order valence-corrected chi connectivity index (χ3v) is 5.20. The third-order valence-electron chi connectivity index (χ3n) is 5.20. The van der Waals surface area contributed by atoms with E-state index in [1.807, 2.05) is 6.92 Å². The van der Waals surface area contributed by atoms with Crippen LogP contribution in [0.1, 0.15) is 65.2 Å². The fraction of sp³-hybridized carbons (Fsp3) is 0.400. The molecule has 180 valence electrons. The highest BCUT2D eigenvalue weighted by molar-refractivity contribution is 6.13. The minimum atomic E-state index is -4.85. The Morgan fingerprint density at radius 1 is 0.939 bits per heavy atom. The number of nitrogens with two attached hydrogens (primary N) is 1. The Morgan fingerprint density at radius 2 is 1.48 bits per heavy atom. The molecule has 0 aliphatic rings. The monoisotopic (exact) mass is 463 g/mol. The van der Waals surface area contributed by atoms with E-state index in [0.29, 0.717) is 28.0 Å². The van der Waals surface area contributed by atoms with Crippen LogP contribution in [0.25, 0.3) is 5.57 Å². The lowest BCUT2D eigenvalue weighted by molar-refractivity contribution is -0.114. The van der Waals surface area contributed by atoms with Gasteiger partial charge in [0.2, 0.25) is 5.91 Å². The van der Waals surface area contributed by atoms with Crippen LogP contribution in [-0.4, -0.2) is 28.6 Å². The number of phenolic OH excluding ortho intramolecular Hbond substituents is 1. The standard InChI is InChI=1S/C25H32F3N3O2/c1-12(2)24(30-13(3)4)31-22(25(26,27)28)18(9)21(23(29)33)16(7)15(6)20-14(5)10-11-19(32)17(20)8/h10-11,32H,1-9H3,(H2,29,33)/b16-15+,21-18-,31-22+. The number of aromatic hydroxyl groups is 1. The number of carbonyl (C=O) groups is 1. The molecule has 0 aliphatic carbocycles. The first-order valence-corrected chi connectivity index (χ1v) is 10.3. The molecule has 0 saturated carbocycles. The molecule has 1 rings (SSSR count). The van der Waals surface area contributed by atoms with Gasteiger partial charge in [0.05, 0.1) is 0 Å². The van der Waals surface area contributed by atoms with E-state index in [2.05, 4.69) is 9.98 Å². The minimum Gasteiger partial charge on any atom is -0.508 e. The van der Waals surface area contributed by atoms with Crippen molar-refractivity contribution < 1.29 is 23.1 Å². The van der Waals surface area contributed by atoms with Crippen LogP contribution >= 0.6 is 0 Å². The van der Waals surface area contributed by atoms with Gasteiger partial charge in [0, 0.05) is 11.3 Å². The maximum Gasteiger partial charge on any atom is 0.433 e. The van der Waals surface area contributed by atoms with Gasteiger partial charge < -0.3 is 10.8 Å². The summed E-state index contributed by atoms with van der Waals surface area (Å²) in [6.07, 6.45) is -4.85. The SMILES string of the molecule is CC(C)=NC(\N=C(/C(C)=C(C(N)=O)/C(C)=C(\C)c1c(C)ccc(O)c1C)C(F)(F)F)=C(C)C. The Bertz CT molecular complexity index is 1110. The number of halogens is 3. The van der Waals surface area contributed by atoms with Crippen molar-refractivity contribution in [3.63, 3.8) is 0 Å². The summed E-state index contributed by atoms with van der Waals surface area (Å²) in [6, 6.07) is 3.24. The van der Waals surface area contributed by atoms with E-state index in [1.54, 1.807) is 53.7 Å². The molecule has 0 atom stereocenters. The molecule has 1 aromatic rings. The number of phenols is 1. The quantitative estimate of drug-likeness (QED) is 0.293. The Labute approximate surface area is 193 Å². The number of aliphatic imine (C=N–C) groups is 2. The van der Waals surface area contributed by atoms with Gasteiger partial charge in [-0.25, -0.2) is 9.98 Å². The van der Waals surface area contributed by atoms with Crippen molar-refractivity contribution in [2.45, 2.75) is 68.5 Å². The van der Waals surface area contributed by atoms with Crippen LogP contribution in [0.15, 0.2) is 50.2 Å². The molecular weight excluding hydrogens is 431 g/mol. The number of allylic oxidation sites excluding steroid dienone is 3. The summed E-state index contributed by atoms with van der Waals surface area (Å²) in [5, 5.41) is 10.1. The zero-order chi connectivity index (χ0) is 25.8. The normalized spacial score (nSPS) is 13.8. The summed E-state index contributed by atoms with van der Waals surface area (Å²) in [5.74, 6) is -1.04. The van der Waals surface area contributed by atoms with Crippen LogP contribution in [0, 0.1) is 13.8 Å². The van der Waals surface area contributed by atoms with Crippen molar-refractivity contribution in [3.05, 3.63) is 56.9 Å². The summed E-state index contributed by atoms with van der Waals surface area (Å²) in [4.78, 5) is 20.3. The Balaban J connectivity index is 4.05. The Morgan fingerprint density at radius 3 is 1.91 bits per heavy atom. The van der Waals surface area contributed by atoms with Crippen LogP contribution in [0.4, 0.5) is 13.2 Å². The minimum absolute atomic E-state index is 0.0441. The van der Waals surface area contributed by atoms with Crippen molar-refractivity contribution in [1.82, 2.24) is 0 Å². The van der Waals surface area contributed by atoms with E-state index in [-0.39, 0.29) is 22.7 Å². The van der Waals surface area contributed by atoms with E-state index in [1.165, 1.54) is 13.8 Å². The van der Waals surface area contributed by atoms with Gasteiger partial charge in [-0.15, -0.1) is 0 Å². The summed E-state index contributed by atoms with van der Waals surface area (Å²) in [7, 11) is 0. The van der Waals surface area contributed by atoms with Gasteiger partial charge in [-0.05, 0) is 107 Å². The van der Waals surface area contributed by atoms with E-state index in [4.69, 9.17) is 5.73 Å². The molecule has 8 heteroatoms. The van der Waals surface area contributed by atoms with Crippen molar-refractivity contribution in [1.29, 1.82) is 0 Å². The summed E-state index contributed by atoms with van der Waals surface area (Å²) in [6.45, 7) is 14.4. The predicted octanol–water partition coefficient (Wildman–Crippen LogP) is 6.34. The average molecular weight is 464 g/mol. The molecular formula is C25H32F3N3O2. The number of benzene rings is 1. The van der Waals surface area contributed by atoms with Crippen LogP contribution in [0.2, 0.25) is 0 Å². The molecule has 0 saturated heterocycles. The number of hydrogen-bond donors (Lipinski definition) is 2. The molecule has 0 aliphatic heterocycles. The molecule has 0 spiro atoms. The number of rotatable bonds is 6. The first-order chi connectivity index (χ1) is 15.0. The molecule has 0 heterocycles. The van der Waals surface area contributed by atoms with E-state index >= 15 is 0 Å². The number of aryl methyl sites for hydroxylation is 1. The van der Waals surface area contributed by atoms with Crippen molar-refractivity contribution >= 4 is 22.9 Å². The second-order valence-electron chi connectivity index (χ2n) is 8.36. The number of hydrogen-bond acceptors (Lipinski definition) is 4. The van der Waals surface area contributed by atoms with Gasteiger partial charge in [-0.3, -0.25) is 4.79 Å². The number of carbonyl (C=O) groups excluding carboxylic acids is 1. The largest absolute Gasteiger partial charge is 0.508 e. The number of primary amides is 1. The van der Waals surface area contributed by atoms with Crippen LogP contribution in [-0.2, 0) is 4.79 Å². The lowest BCUT2D eigenvalue weighted by atomic mass is 9.88. The molecule has 0 bridgehead atoms. The Kier molecular flexibility index (Phi) is 8.99. The zero-order valence-corrected chi connectivity index (χ0v) is 20.6. The van der Waals surface area contributed by atoms with Crippen LogP contribution in [0.3, 0.4) is 0 Å². The summed E-state index contributed by atoms with van der Waals surface area (Å²) < 4.78 is 42.3. The van der Waals surface area contributed by atoms with Gasteiger partial charge in [0.15, 0.2) is 11.5 Å². The summed E-state index contributed by atoms with van der Waals surface area (Å²) >= 11 is 0. The highest BCUT2D eigenvalue weighted by Gasteiger charge is 2.39. The second kappa shape index (κ2) is 10.6. The third kappa shape index (κ3) is 6.66. The first-order valence-electron chi connectivity index (χ1n) is 10.3. The lowest BCUT2D eigenvalue weighted by Crippen LogP contribution is -2.28. The molecule has 1 amide bonds. The van der Waals surface area contributed by atoms with Crippen molar-refractivity contribution in [2.75, 3.05) is 0 Å². The first kappa shape index (κ1) is 27.9. The van der Waals surface area contributed by atoms with Crippen LogP contribution < -0.4 is 5.73 Å². The van der Waals surface area contributed by atoms with E-state index in [0.717, 1.165) is 5.56 Å². The maximum absolute atomic E-state index is 14.1. The van der Waals surface area contributed by atoms with E-state index in [9.17, 15) is 23.1 Å². The molecule has 0 fully saturated rings. The van der Waals surface area contributed by atoms with Gasteiger partial charge in [-0.2, -0.15) is 13.2 Å². The highest BCUT2D eigenvalue weighted by atomic mass is 19.4. The fourth-order valence-corrected chi connectivity index (χ4v) is 3.48. The lowest BCUT2D eigenvalue weighted by Gasteiger charge is -2.19. The predicted molar refractivity (Wildman–Crippen MR) is 128 cm³/mol. The van der Waals surface area contributed by atoms with Gasteiger partial charge in [0.1, 0.15) is 5.75 Å². The molecule has 0 unspecified atom stereocenters. The smallest absolute Gasteiger partial charge is 0.433 e. The highest BCUT2D eigenvalue weighted by Crippen LogP contribution is 2.35.